The summed E-state index contributed by atoms with van der Waals surface area (Å²) in [6.07, 6.45) is 0. The average molecular weight is 449 g/mol. The zero-order valence-corrected chi connectivity index (χ0v) is 19.1. The topological polar surface area (TPSA) is 98.2 Å². The quantitative estimate of drug-likeness (QED) is 0.398. The first kappa shape index (κ1) is 22.6. The van der Waals surface area contributed by atoms with Crippen LogP contribution in [0.2, 0.25) is 0 Å². The van der Waals surface area contributed by atoms with Gasteiger partial charge in [-0.15, -0.1) is 5.10 Å². The monoisotopic (exact) mass is 448 g/mol. The normalized spacial score (nSPS) is 12.4. The number of tetrazole rings is 1. The molecule has 0 aliphatic heterocycles. The van der Waals surface area contributed by atoms with Crippen LogP contribution in [0.25, 0.3) is 10.9 Å². The number of benzene rings is 2. The minimum absolute atomic E-state index is 0.175. The Morgan fingerprint density at radius 3 is 2.67 bits per heavy atom. The third-order valence-electron chi connectivity index (χ3n) is 5.69. The average Bonchev–Trinajstić information content (AvgIpc) is 3.30. The van der Waals surface area contributed by atoms with Gasteiger partial charge in [0.2, 0.25) is 0 Å². The van der Waals surface area contributed by atoms with Gasteiger partial charge in [0.05, 0.1) is 20.3 Å². The first-order valence-corrected chi connectivity index (χ1v) is 10.9. The number of hydrogen-bond donors (Lipinski definition) is 1. The van der Waals surface area contributed by atoms with E-state index in [1.54, 1.807) is 18.9 Å². The Kier molecular flexibility index (Phi) is 7.11. The summed E-state index contributed by atoms with van der Waals surface area (Å²) in [4.78, 5) is 18.5. The van der Waals surface area contributed by atoms with Gasteiger partial charge in [0.15, 0.2) is 5.82 Å². The summed E-state index contributed by atoms with van der Waals surface area (Å²) < 4.78 is 12.3. The molecule has 0 amide bonds. The fourth-order valence-electron chi connectivity index (χ4n) is 3.98. The van der Waals surface area contributed by atoms with E-state index in [0.717, 1.165) is 22.2 Å². The predicted molar refractivity (Wildman–Crippen MR) is 125 cm³/mol. The SMILES string of the molecule is CCN(Cc1ccccc1)C(c1cc2cc(OC)ccc2[nH]c1=O)c1nnnn1CCOC. The smallest absolute Gasteiger partial charge is 0.253 e. The molecule has 1 N–H and O–H groups in total. The summed E-state index contributed by atoms with van der Waals surface area (Å²) in [5, 5.41) is 13.3. The molecule has 1 unspecified atom stereocenters. The molecule has 0 radical (unpaired) electrons. The molecule has 4 rings (SSSR count). The van der Waals surface area contributed by atoms with E-state index in [1.807, 2.05) is 42.5 Å². The van der Waals surface area contributed by atoms with Crippen LogP contribution < -0.4 is 10.3 Å². The van der Waals surface area contributed by atoms with Gasteiger partial charge < -0.3 is 14.5 Å². The Bertz CT molecular complexity index is 1250. The number of H-pyrrole nitrogens is 1. The number of nitrogens with zero attached hydrogens (tertiary/aromatic N) is 5. The second kappa shape index (κ2) is 10.4. The minimum atomic E-state index is -0.457. The maximum atomic E-state index is 13.3. The lowest BCUT2D eigenvalue weighted by Crippen LogP contribution is -2.35. The standard InChI is InChI=1S/C24H28N6O3/c1-4-29(16-17-8-6-5-7-9-17)22(23-26-27-28-30(23)12-13-32-2)20-15-18-14-19(33-3)10-11-21(18)25-24(20)31/h5-11,14-15,22H,4,12-13,16H2,1-3H3,(H,25,31). The van der Waals surface area contributed by atoms with E-state index >= 15 is 0 Å². The van der Waals surface area contributed by atoms with Crippen LogP contribution in [-0.4, -0.2) is 57.5 Å². The van der Waals surface area contributed by atoms with Gasteiger partial charge in [-0.25, -0.2) is 4.68 Å². The molecule has 172 valence electrons. The molecular formula is C24H28N6O3. The lowest BCUT2D eigenvalue weighted by molar-refractivity contribution is 0.174. The molecule has 0 aliphatic rings. The van der Waals surface area contributed by atoms with Gasteiger partial charge in [-0.05, 0) is 46.8 Å². The van der Waals surface area contributed by atoms with Crippen molar-refractivity contribution in [1.29, 1.82) is 0 Å². The van der Waals surface area contributed by atoms with E-state index < -0.39 is 6.04 Å². The van der Waals surface area contributed by atoms with Crippen molar-refractivity contribution in [2.45, 2.75) is 26.1 Å². The summed E-state index contributed by atoms with van der Waals surface area (Å²) >= 11 is 0. The molecule has 9 nitrogen and oxygen atoms in total. The van der Waals surface area contributed by atoms with Crippen molar-refractivity contribution in [3.63, 3.8) is 0 Å². The number of ether oxygens (including phenoxy) is 2. The van der Waals surface area contributed by atoms with Crippen molar-refractivity contribution in [3.05, 3.63) is 81.9 Å². The van der Waals surface area contributed by atoms with Gasteiger partial charge in [0.25, 0.3) is 5.56 Å². The maximum absolute atomic E-state index is 13.3. The van der Waals surface area contributed by atoms with E-state index in [2.05, 4.69) is 44.5 Å². The molecule has 0 saturated carbocycles. The van der Waals surface area contributed by atoms with Crippen LogP contribution in [0, 0.1) is 0 Å². The third kappa shape index (κ3) is 4.94. The fourth-order valence-corrected chi connectivity index (χ4v) is 3.98. The number of aromatic amines is 1. The summed E-state index contributed by atoms with van der Waals surface area (Å²) in [6.45, 7) is 4.33. The van der Waals surface area contributed by atoms with Crippen LogP contribution in [0.5, 0.6) is 5.75 Å². The molecule has 9 heteroatoms. The lowest BCUT2D eigenvalue weighted by atomic mass is 10.0. The van der Waals surface area contributed by atoms with E-state index in [1.165, 1.54) is 0 Å². The Morgan fingerprint density at radius 1 is 1.12 bits per heavy atom. The van der Waals surface area contributed by atoms with Crippen LogP contribution >= 0.6 is 0 Å². The first-order valence-electron chi connectivity index (χ1n) is 10.9. The van der Waals surface area contributed by atoms with Crippen LogP contribution in [-0.2, 0) is 17.8 Å². The summed E-state index contributed by atoms with van der Waals surface area (Å²) in [7, 11) is 3.26. The van der Waals surface area contributed by atoms with Crippen LogP contribution in [0.15, 0.2) is 59.4 Å². The number of hydrogen-bond acceptors (Lipinski definition) is 7. The Morgan fingerprint density at radius 2 is 1.94 bits per heavy atom. The van der Waals surface area contributed by atoms with Crippen LogP contribution in [0.4, 0.5) is 0 Å². The number of rotatable bonds is 10. The summed E-state index contributed by atoms with van der Waals surface area (Å²) in [5.41, 5.74) is 2.28. The molecular weight excluding hydrogens is 420 g/mol. The van der Waals surface area contributed by atoms with Gasteiger partial charge in [-0.1, -0.05) is 37.3 Å². The molecule has 2 heterocycles. The largest absolute Gasteiger partial charge is 0.497 e. The molecule has 0 spiro atoms. The van der Waals surface area contributed by atoms with E-state index in [4.69, 9.17) is 9.47 Å². The van der Waals surface area contributed by atoms with Crippen molar-refractivity contribution in [2.24, 2.45) is 0 Å². The van der Waals surface area contributed by atoms with Crippen molar-refractivity contribution >= 4 is 10.9 Å². The van der Waals surface area contributed by atoms with Crippen LogP contribution in [0.1, 0.15) is 29.9 Å². The molecule has 2 aromatic heterocycles. The van der Waals surface area contributed by atoms with Crippen molar-refractivity contribution in [3.8, 4) is 5.75 Å². The molecule has 0 fully saturated rings. The fraction of sp³-hybridized carbons (Fsp3) is 0.333. The first-order chi connectivity index (χ1) is 16.1. The Balaban J connectivity index is 1.86. The number of pyridine rings is 1. The predicted octanol–water partition coefficient (Wildman–Crippen LogP) is 2.78. The molecule has 1 atom stereocenters. The van der Waals surface area contributed by atoms with Gasteiger partial charge in [0.1, 0.15) is 11.8 Å². The molecule has 0 bridgehead atoms. The number of fused-ring (bicyclic) bond motifs is 1. The third-order valence-corrected chi connectivity index (χ3v) is 5.69. The Hall–Kier alpha value is -3.56. The lowest BCUT2D eigenvalue weighted by Gasteiger charge is -2.30. The van der Waals surface area contributed by atoms with Gasteiger partial charge in [0, 0.05) is 30.1 Å². The van der Waals surface area contributed by atoms with Gasteiger partial charge >= 0.3 is 0 Å². The van der Waals surface area contributed by atoms with E-state index in [9.17, 15) is 4.79 Å². The summed E-state index contributed by atoms with van der Waals surface area (Å²) in [5.74, 6) is 1.32. The highest BCUT2D eigenvalue weighted by molar-refractivity contribution is 5.80. The number of methoxy groups -OCH3 is 2. The molecule has 0 aliphatic carbocycles. The molecule has 33 heavy (non-hydrogen) atoms. The van der Waals surface area contributed by atoms with Gasteiger partial charge in [-0.2, -0.15) is 0 Å². The second-order valence-corrected chi connectivity index (χ2v) is 7.71. The molecule has 2 aromatic carbocycles. The van der Waals surface area contributed by atoms with Crippen LogP contribution in [0.3, 0.4) is 0 Å². The molecule has 4 aromatic rings. The maximum Gasteiger partial charge on any atom is 0.253 e. The Labute approximate surface area is 191 Å². The molecule has 0 saturated heterocycles. The highest BCUT2D eigenvalue weighted by Crippen LogP contribution is 2.29. The van der Waals surface area contributed by atoms with Crippen molar-refractivity contribution < 1.29 is 9.47 Å². The summed E-state index contributed by atoms with van der Waals surface area (Å²) in [6, 6.07) is 17.2. The van der Waals surface area contributed by atoms with E-state index in [-0.39, 0.29) is 5.56 Å². The highest BCUT2D eigenvalue weighted by atomic mass is 16.5. The minimum Gasteiger partial charge on any atom is -0.497 e. The number of aromatic nitrogens is 5. The van der Waals surface area contributed by atoms with Crippen molar-refractivity contribution in [1.82, 2.24) is 30.1 Å². The van der Waals surface area contributed by atoms with Gasteiger partial charge in [-0.3, -0.25) is 9.69 Å². The zero-order chi connectivity index (χ0) is 23.2. The van der Waals surface area contributed by atoms with Crippen molar-refractivity contribution in [2.75, 3.05) is 27.4 Å². The zero-order valence-electron chi connectivity index (χ0n) is 19.1. The second-order valence-electron chi connectivity index (χ2n) is 7.71. The highest BCUT2D eigenvalue weighted by Gasteiger charge is 2.30. The number of nitrogens with one attached hydrogen (secondary N) is 1. The van der Waals surface area contributed by atoms with E-state index in [0.29, 0.717) is 37.6 Å².